The Balaban J connectivity index is 2.58. The van der Waals surface area contributed by atoms with Gasteiger partial charge in [-0.05, 0) is 43.3 Å². The van der Waals surface area contributed by atoms with Crippen molar-refractivity contribution in [2.75, 3.05) is 0 Å². The molecular formula is C13H13FN2O2S. The molecule has 0 unspecified atom stereocenters. The fourth-order valence-electron chi connectivity index (χ4n) is 2.15. The van der Waals surface area contributed by atoms with E-state index in [1.54, 1.807) is 26.0 Å². The van der Waals surface area contributed by atoms with E-state index in [1.807, 2.05) is 0 Å². The second-order valence-corrected chi connectivity index (χ2v) is 4.74. The van der Waals surface area contributed by atoms with Crippen molar-refractivity contribution in [2.24, 2.45) is 0 Å². The summed E-state index contributed by atoms with van der Waals surface area (Å²) in [4.78, 5) is 11.4. The van der Waals surface area contributed by atoms with Gasteiger partial charge in [-0.25, -0.2) is 9.18 Å². The van der Waals surface area contributed by atoms with Gasteiger partial charge in [0.25, 0.3) is 0 Å². The van der Waals surface area contributed by atoms with E-state index in [-0.39, 0.29) is 11.4 Å². The third kappa shape index (κ3) is 2.44. The Morgan fingerprint density at radius 1 is 1.42 bits per heavy atom. The lowest BCUT2D eigenvalue weighted by atomic mass is 9.92. The van der Waals surface area contributed by atoms with Crippen LogP contribution < -0.4 is 10.6 Å². The van der Waals surface area contributed by atoms with Crippen LogP contribution >= 0.6 is 12.2 Å². The normalized spacial score (nSPS) is 18.9. The van der Waals surface area contributed by atoms with Crippen LogP contribution in [0.4, 0.5) is 4.39 Å². The second kappa shape index (κ2) is 4.97. The summed E-state index contributed by atoms with van der Waals surface area (Å²) in [5, 5.41) is 15.3. The van der Waals surface area contributed by atoms with Crippen molar-refractivity contribution in [1.82, 2.24) is 10.6 Å². The van der Waals surface area contributed by atoms with Gasteiger partial charge in [-0.3, -0.25) is 0 Å². The lowest BCUT2D eigenvalue weighted by Crippen LogP contribution is -2.45. The van der Waals surface area contributed by atoms with Crippen LogP contribution in [0.25, 0.3) is 0 Å². The van der Waals surface area contributed by atoms with Gasteiger partial charge >= 0.3 is 5.97 Å². The molecule has 2 rings (SSSR count). The fraction of sp³-hybridized carbons (Fsp3) is 0.231. The Kier molecular flexibility index (Phi) is 3.53. The van der Waals surface area contributed by atoms with E-state index in [1.165, 1.54) is 6.07 Å². The maximum Gasteiger partial charge on any atom is 0.335 e. The van der Waals surface area contributed by atoms with Gasteiger partial charge in [0.2, 0.25) is 0 Å². The summed E-state index contributed by atoms with van der Waals surface area (Å²) in [6.07, 6.45) is 0. The molecule has 1 aliphatic heterocycles. The maximum atomic E-state index is 13.6. The molecular weight excluding hydrogens is 267 g/mol. The molecule has 100 valence electrons. The molecule has 0 saturated heterocycles. The Morgan fingerprint density at radius 3 is 2.74 bits per heavy atom. The third-order valence-electron chi connectivity index (χ3n) is 3.12. The van der Waals surface area contributed by atoms with Gasteiger partial charge in [-0.15, -0.1) is 0 Å². The van der Waals surface area contributed by atoms with E-state index in [2.05, 4.69) is 10.6 Å². The number of nitrogens with one attached hydrogen (secondary N) is 2. The molecule has 0 aromatic heterocycles. The van der Waals surface area contributed by atoms with Crippen LogP contribution in [0.1, 0.15) is 24.1 Å². The highest BCUT2D eigenvalue weighted by Crippen LogP contribution is 2.29. The van der Waals surface area contributed by atoms with Crippen LogP contribution in [-0.4, -0.2) is 16.2 Å². The van der Waals surface area contributed by atoms with Crippen LogP contribution in [0.5, 0.6) is 0 Å². The van der Waals surface area contributed by atoms with E-state index >= 15 is 0 Å². The predicted molar refractivity (Wildman–Crippen MR) is 73.1 cm³/mol. The van der Waals surface area contributed by atoms with Crippen LogP contribution in [-0.2, 0) is 4.79 Å². The Morgan fingerprint density at radius 2 is 2.11 bits per heavy atom. The fourth-order valence-corrected chi connectivity index (χ4v) is 2.42. The van der Waals surface area contributed by atoms with Gasteiger partial charge in [0.15, 0.2) is 5.11 Å². The molecule has 6 heteroatoms. The van der Waals surface area contributed by atoms with Gasteiger partial charge in [0, 0.05) is 5.70 Å². The van der Waals surface area contributed by atoms with Crippen LogP contribution in [0.3, 0.4) is 0 Å². The zero-order valence-corrected chi connectivity index (χ0v) is 11.3. The van der Waals surface area contributed by atoms with Crippen molar-refractivity contribution in [3.8, 4) is 0 Å². The van der Waals surface area contributed by atoms with Gasteiger partial charge < -0.3 is 15.7 Å². The molecule has 0 bridgehead atoms. The van der Waals surface area contributed by atoms with Crippen LogP contribution in [0, 0.1) is 12.7 Å². The minimum Gasteiger partial charge on any atom is -0.478 e. The standard InChI is InChI=1S/C13H13FN2O2S/c1-6-8(4-3-5-9(6)14)11-10(12(17)18)7(2)15-13(19)16-11/h3-5,11H,1-2H3,(H,17,18)(H2,15,16,19)/t11-/m0/s1. The number of rotatable bonds is 2. The van der Waals surface area contributed by atoms with Crippen LogP contribution in [0.15, 0.2) is 29.5 Å². The van der Waals surface area contributed by atoms with Gasteiger partial charge in [0.1, 0.15) is 5.82 Å². The van der Waals surface area contributed by atoms with E-state index < -0.39 is 12.0 Å². The van der Waals surface area contributed by atoms with E-state index in [4.69, 9.17) is 12.2 Å². The molecule has 1 aromatic carbocycles. The van der Waals surface area contributed by atoms with Crippen LogP contribution in [0.2, 0.25) is 0 Å². The molecule has 0 amide bonds. The Labute approximate surface area is 115 Å². The summed E-state index contributed by atoms with van der Waals surface area (Å²) in [6, 6.07) is 3.94. The smallest absolute Gasteiger partial charge is 0.335 e. The molecule has 0 fully saturated rings. The minimum absolute atomic E-state index is 0.141. The molecule has 0 aliphatic carbocycles. The highest BCUT2D eigenvalue weighted by molar-refractivity contribution is 7.80. The van der Waals surface area contributed by atoms with Crippen molar-refractivity contribution in [3.63, 3.8) is 0 Å². The summed E-state index contributed by atoms with van der Waals surface area (Å²) in [7, 11) is 0. The van der Waals surface area contributed by atoms with Crippen molar-refractivity contribution in [3.05, 3.63) is 46.4 Å². The van der Waals surface area contributed by atoms with E-state index in [0.717, 1.165) is 0 Å². The molecule has 0 saturated carbocycles. The van der Waals surface area contributed by atoms with Gasteiger partial charge in [0.05, 0.1) is 11.6 Å². The summed E-state index contributed by atoms with van der Waals surface area (Å²) >= 11 is 5.03. The Hall–Kier alpha value is -1.95. The highest BCUT2D eigenvalue weighted by atomic mass is 32.1. The molecule has 1 aromatic rings. The number of thiocarbonyl (C=S) groups is 1. The average Bonchev–Trinajstić information content (AvgIpc) is 2.31. The number of hydrogen-bond donors (Lipinski definition) is 3. The maximum absolute atomic E-state index is 13.6. The summed E-state index contributed by atoms with van der Waals surface area (Å²) in [5.41, 5.74) is 1.59. The predicted octanol–water partition coefficient (Wildman–Crippen LogP) is 2.01. The molecule has 0 spiro atoms. The number of carboxylic acids is 1. The monoisotopic (exact) mass is 280 g/mol. The highest BCUT2D eigenvalue weighted by Gasteiger charge is 2.30. The first-order chi connectivity index (χ1) is 8.91. The second-order valence-electron chi connectivity index (χ2n) is 4.33. The number of allylic oxidation sites excluding steroid dienone is 1. The van der Waals surface area contributed by atoms with Crippen molar-refractivity contribution >= 4 is 23.3 Å². The first kappa shape index (κ1) is 13.5. The minimum atomic E-state index is -1.06. The van der Waals surface area contributed by atoms with E-state index in [0.29, 0.717) is 21.9 Å². The number of aliphatic carboxylic acids is 1. The third-order valence-corrected chi connectivity index (χ3v) is 3.34. The topological polar surface area (TPSA) is 61.4 Å². The SMILES string of the molecule is CC1=C(C(=O)O)[C@H](c2cccc(F)c2C)NC(=S)N1. The first-order valence-corrected chi connectivity index (χ1v) is 6.09. The number of halogens is 1. The number of benzene rings is 1. The lowest BCUT2D eigenvalue weighted by molar-refractivity contribution is -0.133. The number of carboxylic acid groups (broad SMARTS) is 1. The quantitative estimate of drug-likeness (QED) is 0.723. The molecule has 1 atom stereocenters. The van der Waals surface area contributed by atoms with Gasteiger partial charge in [-0.2, -0.15) is 0 Å². The molecule has 3 N–H and O–H groups in total. The molecule has 4 nitrogen and oxygen atoms in total. The number of carbonyl (C=O) groups is 1. The number of hydrogen-bond acceptors (Lipinski definition) is 2. The largest absolute Gasteiger partial charge is 0.478 e. The molecule has 0 radical (unpaired) electrons. The van der Waals surface area contributed by atoms with E-state index in [9.17, 15) is 14.3 Å². The summed E-state index contributed by atoms with van der Waals surface area (Å²) in [6.45, 7) is 3.25. The molecule has 19 heavy (non-hydrogen) atoms. The first-order valence-electron chi connectivity index (χ1n) is 5.68. The molecule has 1 heterocycles. The molecule has 1 aliphatic rings. The summed E-state index contributed by atoms with van der Waals surface area (Å²) in [5.74, 6) is -1.43. The lowest BCUT2D eigenvalue weighted by Gasteiger charge is -2.29. The van der Waals surface area contributed by atoms with Gasteiger partial charge in [-0.1, -0.05) is 12.1 Å². The zero-order valence-electron chi connectivity index (χ0n) is 10.5. The zero-order chi connectivity index (χ0) is 14.2. The van der Waals surface area contributed by atoms with Crippen molar-refractivity contribution in [1.29, 1.82) is 0 Å². The Bertz CT molecular complexity index is 598. The summed E-state index contributed by atoms with van der Waals surface area (Å²) < 4.78 is 13.6. The van der Waals surface area contributed by atoms with Crippen molar-refractivity contribution in [2.45, 2.75) is 19.9 Å². The van der Waals surface area contributed by atoms with Crippen molar-refractivity contribution < 1.29 is 14.3 Å². The average molecular weight is 280 g/mol.